The van der Waals surface area contributed by atoms with Crippen LogP contribution in [0.25, 0.3) is 0 Å². The smallest absolute Gasteiger partial charge is 0.274 e. The number of methoxy groups -OCH3 is 1. The van der Waals surface area contributed by atoms with Crippen LogP contribution in [0.2, 0.25) is 5.15 Å². The van der Waals surface area contributed by atoms with Crippen LogP contribution in [0.15, 0.2) is 41.6 Å². The molecule has 1 N–H and O–H groups in total. The Morgan fingerprint density at radius 1 is 1.43 bits per heavy atom. The number of rotatable bonds is 4. The van der Waals surface area contributed by atoms with E-state index in [4.69, 9.17) is 16.3 Å². The normalized spacial score (nSPS) is 10.6. The monoisotopic (exact) mass is 303 g/mol. The molecule has 108 valence electrons. The van der Waals surface area contributed by atoms with Gasteiger partial charge in [0.1, 0.15) is 10.9 Å². The van der Waals surface area contributed by atoms with Crippen molar-refractivity contribution in [2.75, 3.05) is 7.11 Å². The van der Waals surface area contributed by atoms with Crippen molar-refractivity contribution in [3.63, 3.8) is 0 Å². The Hall–Kier alpha value is -2.40. The number of ether oxygens (including phenoxy) is 1. The number of amides is 1. The summed E-state index contributed by atoms with van der Waals surface area (Å²) in [4.78, 5) is 15.7. The zero-order valence-corrected chi connectivity index (χ0v) is 12.4. The minimum atomic E-state index is -0.408. The lowest BCUT2D eigenvalue weighted by Crippen LogP contribution is -2.18. The molecule has 0 aliphatic carbocycles. The summed E-state index contributed by atoms with van der Waals surface area (Å²) in [6, 6.07) is 8.82. The maximum absolute atomic E-state index is 11.9. The minimum absolute atomic E-state index is 0.144. The molecule has 0 spiro atoms. The number of nitrogens with one attached hydrogen (secondary N) is 1. The van der Waals surface area contributed by atoms with Gasteiger partial charge >= 0.3 is 0 Å². The molecule has 2 aromatic rings. The van der Waals surface area contributed by atoms with E-state index in [1.165, 1.54) is 6.20 Å². The molecule has 0 radical (unpaired) electrons. The van der Waals surface area contributed by atoms with Gasteiger partial charge in [0.2, 0.25) is 0 Å². The average Bonchev–Trinajstić information content (AvgIpc) is 2.48. The van der Waals surface area contributed by atoms with Crippen LogP contribution in [-0.2, 0) is 0 Å². The first-order valence-corrected chi connectivity index (χ1v) is 6.58. The number of pyridine rings is 1. The fourth-order valence-electron chi connectivity index (χ4n) is 1.76. The van der Waals surface area contributed by atoms with E-state index in [2.05, 4.69) is 15.5 Å². The van der Waals surface area contributed by atoms with Gasteiger partial charge in [-0.3, -0.25) is 4.79 Å². The van der Waals surface area contributed by atoms with Gasteiger partial charge in [-0.2, -0.15) is 5.10 Å². The number of hydrogen-bond acceptors (Lipinski definition) is 4. The third-order valence-electron chi connectivity index (χ3n) is 2.80. The molecule has 2 rings (SSSR count). The van der Waals surface area contributed by atoms with Gasteiger partial charge in [-0.1, -0.05) is 11.6 Å². The molecule has 0 aliphatic rings. The van der Waals surface area contributed by atoms with Crippen LogP contribution in [0, 0.1) is 6.92 Å². The van der Waals surface area contributed by atoms with Crippen molar-refractivity contribution in [3.05, 3.63) is 58.4 Å². The molecule has 0 bridgehead atoms. The summed E-state index contributed by atoms with van der Waals surface area (Å²) >= 11 is 5.83. The van der Waals surface area contributed by atoms with Gasteiger partial charge in [0.25, 0.3) is 5.91 Å². The lowest BCUT2D eigenvalue weighted by Gasteiger charge is -2.04. The van der Waals surface area contributed by atoms with E-state index in [-0.39, 0.29) is 10.7 Å². The van der Waals surface area contributed by atoms with Crippen LogP contribution in [0.5, 0.6) is 5.75 Å². The van der Waals surface area contributed by atoms with E-state index in [9.17, 15) is 4.79 Å². The highest BCUT2D eigenvalue weighted by Crippen LogP contribution is 2.17. The highest BCUT2D eigenvalue weighted by molar-refractivity contribution is 6.32. The third-order valence-corrected chi connectivity index (χ3v) is 3.10. The Morgan fingerprint density at radius 3 is 2.90 bits per heavy atom. The van der Waals surface area contributed by atoms with Gasteiger partial charge < -0.3 is 4.74 Å². The molecule has 1 aromatic carbocycles. The number of nitrogens with zero attached hydrogens (tertiary/aromatic N) is 2. The van der Waals surface area contributed by atoms with Crippen LogP contribution < -0.4 is 10.2 Å². The molecule has 0 saturated heterocycles. The average molecular weight is 304 g/mol. The maximum atomic E-state index is 11.9. The molecular weight excluding hydrogens is 290 g/mol. The van der Waals surface area contributed by atoms with Gasteiger partial charge in [-0.05, 0) is 48.4 Å². The van der Waals surface area contributed by atoms with Crippen LogP contribution >= 0.6 is 11.6 Å². The molecule has 6 heteroatoms. The van der Waals surface area contributed by atoms with Crippen molar-refractivity contribution in [2.24, 2.45) is 5.10 Å². The SMILES string of the molecule is COc1ccc(C=NNC(=O)c2cccnc2Cl)cc1C. The quantitative estimate of drug-likeness (QED) is 0.536. The summed E-state index contributed by atoms with van der Waals surface area (Å²) in [5, 5.41) is 4.05. The molecule has 0 saturated carbocycles. The van der Waals surface area contributed by atoms with Crippen molar-refractivity contribution in [1.82, 2.24) is 10.4 Å². The van der Waals surface area contributed by atoms with Crippen molar-refractivity contribution in [3.8, 4) is 5.75 Å². The molecule has 0 fully saturated rings. The molecule has 1 aromatic heterocycles. The Balaban J connectivity index is 2.04. The Morgan fingerprint density at radius 2 is 2.24 bits per heavy atom. The first-order chi connectivity index (χ1) is 10.1. The molecule has 0 aliphatic heterocycles. The lowest BCUT2D eigenvalue weighted by atomic mass is 10.1. The second-order valence-corrected chi connectivity index (χ2v) is 4.63. The fourth-order valence-corrected chi connectivity index (χ4v) is 1.97. The Bertz CT molecular complexity index is 686. The molecule has 21 heavy (non-hydrogen) atoms. The number of halogens is 1. The number of carbonyl (C=O) groups excluding carboxylic acids is 1. The molecule has 5 nitrogen and oxygen atoms in total. The first kappa shape index (κ1) is 15.0. The lowest BCUT2D eigenvalue weighted by molar-refractivity contribution is 0.0955. The molecule has 1 heterocycles. The number of aromatic nitrogens is 1. The van der Waals surface area contributed by atoms with Crippen molar-refractivity contribution in [1.29, 1.82) is 0 Å². The zero-order chi connectivity index (χ0) is 15.2. The van der Waals surface area contributed by atoms with Crippen molar-refractivity contribution < 1.29 is 9.53 Å². The summed E-state index contributed by atoms with van der Waals surface area (Å²) in [6.45, 7) is 1.93. The summed E-state index contributed by atoms with van der Waals surface area (Å²) in [6.07, 6.45) is 3.07. The molecule has 1 amide bonds. The van der Waals surface area contributed by atoms with Gasteiger partial charge in [-0.25, -0.2) is 10.4 Å². The fraction of sp³-hybridized carbons (Fsp3) is 0.133. The van der Waals surface area contributed by atoms with E-state index in [0.717, 1.165) is 16.9 Å². The van der Waals surface area contributed by atoms with Gasteiger partial charge in [0, 0.05) is 6.20 Å². The maximum Gasteiger partial charge on any atom is 0.274 e. The van der Waals surface area contributed by atoms with E-state index in [1.807, 2.05) is 25.1 Å². The van der Waals surface area contributed by atoms with Gasteiger partial charge in [0.05, 0.1) is 18.9 Å². The van der Waals surface area contributed by atoms with Crippen LogP contribution in [0.1, 0.15) is 21.5 Å². The third kappa shape index (κ3) is 3.79. The predicted molar refractivity (Wildman–Crippen MR) is 82.0 cm³/mol. The first-order valence-electron chi connectivity index (χ1n) is 6.20. The summed E-state index contributed by atoms with van der Waals surface area (Å²) in [5.74, 6) is 0.396. The second kappa shape index (κ2) is 6.85. The largest absolute Gasteiger partial charge is 0.496 e. The van der Waals surface area contributed by atoms with E-state index < -0.39 is 5.91 Å². The number of hydrazone groups is 1. The number of aryl methyl sites for hydroxylation is 1. The van der Waals surface area contributed by atoms with Gasteiger partial charge in [-0.15, -0.1) is 0 Å². The summed E-state index contributed by atoms with van der Waals surface area (Å²) in [7, 11) is 1.62. The highest BCUT2D eigenvalue weighted by atomic mass is 35.5. The van der Waals surface area contributed by atoms with Gasteiger partial charge in [0.15, 0.2) is 0 Å². The summed E-state index contributed by atoms with van der Waals surface area (Å²) < 4.78 is 5.18. The van der Waals surface area contributed by atoms with Crippen molar-refractivity contribution in [2.45, 2.75) is 6.92 Å². The number of hydrogen-bond donors (Lipinski definition) is 1. The molecular formula is C15H14ClN3O2. The second-order valence-electron chi connectivity index (χ2n) is 4.27. The van der Waals surface area contributed by atoms with E-state index >= 15 is 0 Å². The topological polar surface area (TPSA) is 63.6 Å². The number of benzene rings is 1. The molecule has 0 unspecified atom stereocenters. The Labute approximate surface area is 127 Å². The van der Waals surface area contributed by atoms with Crippen LogP contribution in [0.4, 0.5) is 0 Å². The molecule has 0 atom stereocenters. The van der Waals surface area contributed by atoms with E-state index in [1.54, 1.807) is 25.5 Å². The summed E-state index contributed by atoms with van der Waals surface area (Å²) in [5.41, 5.74) is 4.53. The number of carbonyl (C=O) groups is 1. The van der Waals surface area contributed by atoms with Crippen LogP contribution in [-0.4, -0.2) is 24.2 Å². The van der Waals surface area contributed by atoms with E-state index in [0.29, 0.717) is 0 Å². The minimum Gasteiger partial charge on any atom is -0.496 e. The predicted octanol–water partition coefficient (Wildman–Crippen LogP) is 2.82. The highest BCUT2D eigenvalue weighted by Gasteiger charge is 2.09. The Kier molecular flexibility index (Phi) is 4.90. The standard InChI is InChI=1S/C15H14ClN3O2/c1-10-8-11(5-6-13(10)21-2)9-18-19-15(20)12-4-3-7-17-14(12)16/h3-9H,1-2H3,(H,19,20). The van der Waals surface area contributed by atoms with Crippen LogP contribution in [0.3, 0.4) is 0 Å². The zero-order valence-electron chi connectivity index (χ0n) is 11.6. The van der Waals surface area contributed by atoms with Crippen molar-refractivity contribution >= 4 is 23.7 Å².